The van der Waals surface area contributed by atoms with Crippen LogP contribution in [-0.2, 0) is 9.59 Å². The first-order valence-corrected chi connectivity index (χ1v) is 9.92. The van der Waals surface area contributed by atoms with Crippen molar-refractivity contribution in [3.05, 3.63) is 71.3 Å². The van der Waals surface area contributed by atoms with E-state index in [2.05, 4.69) is 5.32 Å². The Labute approximate surface area is 187 Å². The number of hydrogen-bond acceptors (Lipinski definition) is 5. The quantitative estimate of drug-likeness (QED) is 0.504. The van der Waals surface area contributed by atoms with E-state index in [0.717, 1.165) is 0 Å². The zero-order valence-corrected chi connectivity index (χ0v) is 17.5. The molecule has 0 bridgehead atoms. The lowest BCUT2D eigenvalue weighted by Gasteiger charge is -2.26. The number of nitrogens with two attached hydrogens (primary N) is 1. The van der Waals surface area contributed by atoms with Crippen molar-refractivity contribution in [3.8, 4) is 17.2 Å². The molecular weight excluding hydrogens is 433 g/mol. The summed E-state index contributed by atoms with van der Waals surface area (Å²) in [5.74, 6) is -2.69. The number of carboxylic acids is 1. The van der Waals surface area contributed by atoms with Crippen molar-refractivity contribution in [2.45, 2.75) is 12.3 Å². The van der Waals surface area contributed by atoms with Crippen LogP contribution in [0.2, 0.25) is 0 Å². The summed E-state index contributed by atoms with van der Waals surface area (Å²) >= 11 is 0. The van der Waals surface area contributed by atoms with E-state index < -0.39 is 23.6 Å². The molecule has 0 radical (unpaired) electrons. The molecule has 0 unspecified atom stereocenters. The number of fused-ring (bicyclic) bond motifs is 1. The van der Waals surface area contributed by atoms with Gasteiger partial charge < -0.3 is 30.2 Å². The van der Waals surface area contributed by atoms with Crippen LogP contribution in [0.25, 0.3) is 5.69 Å². The minimum atomic E-state index is -1.23. The first-order valence-electron chi connectivity index (χ1n) is 9.92. The Bertz CT molecular complexity index is 1270. The van der Waals surface area contributed by atoms with Gasteiger partial charge in [0.25, 0.3) is 5.91 Å². The molecule has 1 aromatic heterocycles. The summed E-state index contributed by atoms with van der Waals surface area (Å²) < 4.78 is 26.2. The van der Waals surface area contributed by atoms with Gasteiger partial charge in [-0.3, -0.25) is 9.59 Å². The van der Waals surface area contributed by atoms with Crippen molar-refractivity contribution in [2.75, 3.05) is 19.0 Å². The number of nitrogens with zero attached hydrogens (tertiary/aromatic N) is 1. The number of hydrogen-bond donors (Lipinski definition) is 3. The second-order valence-electron chi connectivity index (χ2n) is 7.43. The number of aromatic nitrogens is 1. The van der Waals surface area contributed by atoms with E-state index in [0.29, 0.717) is 22.7 Å². The molecule has 4 N–H and O–H groups in total. The van der Waals surface area contributed by atoms with Crippen LogP contribution >= 0.6 is 0 Å². The number of anilines is 1. The fraction of sp³-hybridized carbons (Fsp3) is 0.174. The maximum absolute atomic E-state index is 13.9. The van der Waals surface area contributed by atoms with Crippen molar-refractivity contribution in [3.63, 3.8) is 0 Å². The molecule has 33 heavy (non-hydrogen) atoms. The summed E-state index contributed by atoms with van der Waals surface area (Å²) in [5.41, 5.74) is 6.72. The summed E-state index contributed by atoms with van der Waals surface area (Å²) in [6.07, 6.45) is 1.39. The Morgan fingerprint density at radius 3 is 2.70 bits per heavy atom. The van der Waals surface area contributed by atoms with E-state index in [4.69, 9.17) is 15.2 Å². The summed E-state index contributed by atoms with van der Waals surface area (Å²) in [7, 11) is 1.42. The van der Waals surface area contributed by atoms with Gasteiger partial charge in [0.05, 0.1) is 18.5 Å². The molecule has 0 saturated heterocycles. The molecule has 4 rings (SSSR count). The van der Waals surface area contributed by atoms with E-state index in [-0.39, 0.29) is 35.9 Å². The molecule has 2 heterocycles. The monoisotopic (exact) mass is 453 g/mol. The number of rotatable bonds is 7. The summed E-state index contributed by atoms with van der Waals surface area (Å²) in [6.45, 7) is -0.337. The van der Waals surface area contributed by atoms with Crippen LogP contribution in [0.15, 0.2) is 48.7 Å². The highest BCUT2D eigenvalue weighted by Gasteiger charge is 2.35. The predicted octanol–water partition coefficient (Wildman–Crippen LogP) is 2.66. The van der Waals surface area contributed by atoms with E-state index in [1.165, 1.54) is 31.5 Å². The van der Waals surface area contributed by atoms with Gasteiger partial charge >= 0.3 is 5.97 Å². The number of halogens is 1. The molecule has 3 aromatic rings. The number of carbonyl (C=O) groups excluding carboxylic acids is 2. The largest absolute Gasteiger partial charge is 0.493 e. The average molecular weight is 453 g/mol. The van der Waals surface area contributed by atoms with Gasteiger partial charge in [0.15, 0.2) is 18.1 Å². The second kappa shape index (κ2) is 8.65. The lowest BCUT2D eigenvalue weighted by Crippen LogP contribution is -2.25. The molecule has 10 heteroatoms. The van der Waals surface area contributed by atoms with Crippen molar-refractivity contribution >= 4 is 23.5 Å². The molecule has 0 spiro atoms. The number of carbonyl (C=O) groups is 3. The number of ether oxygens (including phenoxy) is 2. The Hall–Kier alpha value is -4.34. The van der Waals surface area contributed by atoms with Crippen LogP contribution in [0.3, 0.4) is 0 Å². The number of carboxylic acid groups (broad SMARTS) is 1. The molecular formula is C23H20FN3O6. The number of primary amides is 1. The van der Waals surface area contributed by atoms with Crippen molar-refractivity contribution in [1.29, 1.82) is 0 Å². The van der Waals surface area contributed by atoms with Gasteiger partial charge in [-0.25, -0.2) is 9.18 Å². The molecule has 1 aliphatic rings. The van der Waals surface area contributed by atoms with Gasteiger partial charge in [0.1, 0.15) is 11.4 Å². The highest BCUT2D eigenvalue weighted by molar-refractivity contribution is 6.04. The van der Waals surface area contributed by atoms with Gasteiger partial charge in [-0.2, -0.15) is 0 Å². The molecule has 2 amide bonds. The highest BCUT2D eigenvalue weighted by Crippen LogP contribution is 2.43. The van der Waals surface area contributed by atoms with Gasteiger partial charge in [-0.1, -0.05) is 12.1 Å². The minimum absolute atomic E-state index is 0.0238. The Balaban J connectivity index is 1.87. The van der Waals surface area contributed by atoms with E-state index >= 15 is 0 Å². The zero-order valence-electron chi connectivity index (χ0n) is 17.5. The van der Waals surface area contributed by atoms with Crippen LogP contribution in [-0.4, -0.2) is 41.2 Å². The number of benzene rings is 2. The SMILES string of the molecule is COc1cc([C@H]2CC(=O)Nc3c(C(=O)O)cn(-c4cccc(F)c4)c32)ccc1OCC(N)=O. The molecule has 2 aromatic carbocycles. The molecule has 1 atom stereocenters. The molecule has 0 fully saturated rings. The Morgan fingerprint density at radius 1 is 1.24 bits per heavy atom. The van der Waals surface area contributed by atoms with Crippen LogP contribution in [0.1, 0.15) is 34.0 Å². The number of methoxy groups -OCH3 is 1. The third kappa shape index (κ3) is 4.22. The van der Waals surface area contributed by atoms with Gasteiger partial charge in [0.2, 0.25) is 5.91 Å². The number of nitrogens with one attached hydrogen (secondary N) is 1. The fourth-order valence-electron chi connectivity index (χ4n) is 3.91. The summed E-state index contributed by atoms with van der Waals surface area (Å²) in [4.78, 5) is 35.4. The lowest BCUT2D eigenvalue weighted by atomic mass is 9.88. The van der Waals surface area contributed by atoms with Gasteiger partial charge in [-0.05, 0) is 35.9 Å². The fourth-order valence-corrected chi connectivity index (χ4v) is 3.91. The zero-order chi connectivity index (χ0) is 23.7. The lowest BCUT2D eigenvalue weighted by molar-refractivity contribution is -0.120. The topological polar surface area (TPSA) is 133 Å². The predicted molar refractivity (Wildman–Crippen MR) is 115 cm³/mol. The van der Waals surface area contributed by atoms with E-state index in [1.54, 1.807) is 28.8 Å². The maximum atomic E-state index is 13.9. The maximum Gasteiger partial charge on any atom is 0.339 e. The van der Waals surface area contributed by atoms with Crippen LogP contribution in [0.4, 0.5) is 10.1 Å². The summed E-state index contributed by atoms with van der Waals surface area (Å²) in [6, 6.07) is 10.6. The normalized spacial score (nSPS) is 14.8. The van der Waals surface area contributed by atoms with Crippen LogP contribution in [0, 0.1) is 5.82 Å². The van der Waals surface area contributed by atoms with Crippen LogP contribution in [0.5, 0.6) is 11.5 Å². The second-order valence-corrected chi connectivity index (χ2v) is 7.43. The van der Waals surface area contributed by atoms with Crippen molar-refractivity contribution in [1.82, 2.24) is 4.57 Å². The Morgan fingerprint density at radius 2 is 2.03 bits per heavy atom. The van der Waals surface area contributed by atoms with Gasteiger partial charge in [0, 0.05) is 24.2 Å². The number of amides is 2. The van der Waals surface area contributed by atoms with Crippen molar-refractivity contribution < 1.29 is 33.4 Å². The molecule has 1 aliphatic heterocycles. The first kappa shape index (κ1) is 21.9. The molecule has 0 aliphatic carbocycles. The average Bonchev–Trinajstić information content (AvgIpc) is 3.16. The van der Waals surface area contributed by atoms with Gasteiger partial charge in [-0.15, -0.1) is 0 Å². The Kier molecular flexibility index (Phi) is 5.74. The smallest absolute Gasteiger partial charge is 0.339 e. The number of aromatic carboxylic acids is 1. The molecule has 0 saturated carbocycles. The van der Waals surface area contributed by atoms with E-state index in [9.17, 15) is 23.9 Å². The molecule has 170 valence electrons. The standard InChI is InChI=1S/C23H20FN3O6/c1-32-18-7-12(5-6-17(18)33-11-19(25)28)15-9-20(29)26-21-16(23(30)31)10-27(22(15)21)14-4-2-3-13(24)8-14/h2-8,10,15H,9,11H2,1H3,(H2,25,28)(H,26,29)(H,30,31)/t15-/m1/s1. The first-order chi connectivity index (χ1) is 15.8. The third-order valence-corrected chi connectivity index (χ3v) is 5.30. The summed E-state index contributed by atoms with van der Waals surface area (Å²) in [5, 5.41) is 12.4. The van der Waals surface area contributed by atoms with Crippen molar-refractivity contribution in [2.24, 2.45) is 5.73 Å². The van der Waals surface area contributed by atoms with E-state index in [1.807, 2.05) is 0 Å². The highest BCUT2D eigenvalue weighted by atomic mass is 19.1. The third-order valence-electron chi connectivity index (χ3n) is 5.30. The molecule has 9 nitrogen and oxygen atoms in total. The minimum Gasteiger partial charge on any atom is -0.493 e. The van der Waals surface area contributed by atoms with Crippen LogP contribution < -0.4 is 20.5 Å².